The van der Waals surface area contributed by atoms with Gasteiger partial charge in [-0.2, -0.15) is 0 Å². The van der Waals surface area contributed by atoms with Crippen molar-refractivity contribution in [2.24, 2.45) is 0 Å². The summed E-state index contributed by atoms with van der Waals surface area (Å²) in [6.45, 7) is 8.69. The van der Waals surface area contributed by atoms with Gasteiger partial charge in [0.2, 0.25) is 5.91 Å². The van der Waals surface area contributed by atoms with Gasteiger partial charge in [0, 0.05) is 49.6 Å². The highest BCUT2D eigenvalue weighted by Gasteiger charge is 2.25. The predicted molar refractivity (Wildman–Crippen MR) is 103 cm³/mol. The van der Waals surface area contributed by atoms with Gasteiger partial charge in [-0.15, -0.1) is 11.3 Å². The minimum Gasteiger partial charge on any atom is -0.361 e. The normalized spacial score (nSPS) is 17.3. The summed E-state index contributed by atoms with van der Waals surface area (Å²) < 4.78 is 5.17. The number of thiophene rings is 1. The maximum Gasteiger partial charge on any atom is 0.220 e. The fourth-order valence-corrected chi connectivity index (χ4v) is 4.28. The average Bonchev–Trinajstić information content (AvgIpc) is 3.26. The molecule has 1 fully saturated rings. The zero-order valence-electron chi connectivity index (χ0n) is 15.8. The third-order valence-corrected chi connectivity index (χ3v) is 6.10. The second-order valence-corrected chi connectivity index (χ2v) is 7.96. The molecule has 0 saturated carbocycles. The molecule has 0 spiro atoms. The molecule has 0 radical (unpaired) electrons. The Morgan fingerprint density at radius 3 is 2.73 bits per heavy atom. The molecule has 1 aliphatic rings. The van der Waals surface area contributed by atoms with Crippen LogP contribution < -0.4 is 5.32 Å². The number of hydrogen-bond acceptors (Lipinski definition) is 6. The standard InChI is InChI=1S/C19H28N4O2S/c1-14-16(15(2)25-21-14)6-7-19(24)20-13-17(18-5-4-12-26-18)23-10-8-22(3)9-11-23/h4-5,12,17H,6-11,13H2,1-3H3,(H,20,24)/t17-/m0/s1. The zero-order valence-corrected chi connectivity index (χ0v) is 16.6. The van der Waals surface area contributed by atoms with Crippen LogP contribution in [-0.4, -0.2) is 60.6 Å². The summed E-state index contributed by atoms with van der Waals surface area (Å²) in [4.78, 5) is 18.5. The lowest BCUT2D eigenvalue weighted by Gasteiger charge is -2.37. The number of hydrogen-bond donors (Lipinski definition) is 1. The van der Waals surface area contributed by atoms with E-state index in [1.807, 2.05) is 13.8 Å². The number of piperazine rings is 1. The van der Waals surface area contributed by atoms with E-state index in [4.69, 9.17) is 4.52 Å². The molecule has 1 atom stereocenters. The summed E-state index contributed by atoms with van der Waals surface area (Å²) >= 11 is 1.77. The molecule has 3 heterocycles. The second-order valence-electron chi connectivity index (χ2n) is 6.98. The summed E-state index contributed by atoms with van der Waals surface area (Å²) in [5, 5.41) is 9.20. The van der Waals surface area contributed by atoms with Gasteiger partial charge < -0.3 is 14.7 Å². The van der Waals surface area contributed by atoms with Crippen molar-refractivity contribution in [1.29, 1.82) is 0 Å². The zero-order chi connectivity index (χ0) is 18.5. The molecule has 7 heteroatoms. The molecule has 0 aliphatic carbocycles. The Balaban J connectivity index is 1.55. The number of carbonyl (C=O) groups excluding carboxylic acids is 1. The van der Waals surface area contributed by atoms with Gasteiger partial charge in [-0.3, -0.25) is 9.69 Å². The lowest BCUT2D eigenvalue weighted by Crippen LogP contribution is -2.48. The molecule has 6 nitrogen and oxygen atoms in total. The van der Waals surface area contributed by atoms with E-state index in [1.165, 1.54) is 4.88 Å². The first-order valence-electron chi connectivity index (χ1n) is 9.19. The van der Waals surface area contributed by atoms with E-state index in [0.717, 1.165) is 43.2 Å². The van der Waals surface area contributed by atoms with Gasteiger partial charge in [0.25, 0.3) is 0 Å². The first-order chi connectivity index (χ1) is 12.5. The fraction of sp³-hybridized carbons (Fsp3) is 0.579. The monoisotopic (exact) mass is 376 g/mol. The first-order valence-corrected chi connectivity index (χ1v) is 10.1. The van der Waals surface area contributed by atoms with Crippen LogP contribution in [0.4, 0.5) is 0 Å². The Morgan fingerprint density at radius 2 is 2.12 bits per heavy atom. The van der Waals surface area contributed by atoms with Gasteiger partial charge in [-0.1, -0.05) is 11.2 Å². The number of nitrogens with zero attached hydrogens (tertiary/aromatic N) is 3. The third kappa shape index (κ3) is 4.72. The molecule has 0 aromatic carbocycles. The maximum atomic E-state index is 12.4. The third-order valence-electron chi connectivity index (χ3n) is 5.13. The predicted octanol–water partition coefficient (Wildman–Crippen LogP) is 2.39. The number of aryl methyl sites for hydroxylation is 2. The van der Waals surface area contributed by atoms with Crippen molar-refractivity contribution in [3.63, 3.8) is 0 Å². The van der Waals surface area contributed by atoms with Crippen LogP contribution in [0.1, 0.15) is 34.4 Å². The van der Waals surface area contributed by atoms with Crippen LogP contribution in [0.25, 0.3) is 0 Å². The number of rotatable bonds is 7. The van der Waals surface area contributed by atoms with Gasteiger partial charge in [-0.05, 0) is 38.8 Å². The summed E-state index contributed by atoms with van der Waals surface area (Å²) in [5.41, 5.74) is 1.93. The SMILES string of the molecule is Cc1noc(C)c1CCC(=O)NC[C@@H](c1cccs1)N1CCN(C)CC1. The van der Waals surface area contributed by atoms with Crippen LogP contribution in [-0.2, 0) is 11.2 Å². The molecular formula is C19H28N4O2S. The lowest BCUT2D eigenvalue weighted by molar-refractivity contribution is -0.121. The maximum absolute atomic E-state index is 12.4. The van der Waals surface area contributed by atoms with Crippen molar-refractivity contribution in [3.8, 4) is 0 Å². The number of nitrogens with one attached hydrogen (secondary N) is 1. The van der Waals surface area contributed by atoms with Crippen LogP contribution >= 0.6 is 11.3 Å². The van der Waals surface area contributed by atoms with E-state index in [0.29, 0.717) is 19.4 Å². The second kappa shape index (κ2) is 8.79. The van der Waals surface area contributed by atoms with Gasteiger partial charge in [0.1, 0.15) is 5.76 Å². The van der Waals surface area contributed by atoms with Crippen molar-refractivity contribution >= 4 is 17.2 Å². The molecule has 3 rings (SSSR count). The van der Waals surface area contributed by atoms with Crippen molar-refractivity contribution in [1.82, 2.24) is 20.3 Å². The van der Waals surface area contributed by atoms with Crippen molar-refractivity contribution < 1.29 is 9.32 Å². The highest BCUT2D eigenvalue weighted by Crippen LogP contribution is 2.25. The van der Waals surface area contributed by atoms with Crippen molar-refractivity contribution in [2.45, 2.75) is 32.7 Å². The Bertz CT molecular complexity index is 686. The molecule has 2 aromatic heterocycles. The Morgan fingerprint density at radius 1 is 1.35 bits per heavy atom. The van der Waals surface area contributed by atoms with E-state index in [-0.39, 0.29) is 11.9 Å². The smallest absolute Gasteiger partial charge is 0.220 e. The van der Waals surface area contributed by atoms with Crippen LogP contribution in [0.5, 0.6) is 0 Å². The van der Waals surface area contributed by atoms with Crippen molar-refractivity contribution in [2.75, 3.05) is 39.8 Å². The van der Waals surface area contributed by atoms with E-state index in [9.17, 15) is 4.79 Å². The molecule has 2 aromatic rings. The topological polar surface area (TPSA) is 61.6 Å². The van der Waals surface area contributed by atoms with Crippen LogP contribution in [0.2, 0.25) is 0 Å². The van der Waals surface area contributed by atoms with E-state index < -0.39 is 0 Å². The van der Waals surface area contributed by atoms with Crippen molar-refractivity contribution in [3.05, 3.63) is 39.4 Å². The minimum absolute atomic E-state index is 0.0840. The summed E-state index contributed by atoms with van der Waals surface area (Å²) in [7, 11) is 2.16. The number of likely N-dealkylation sites (N-methyl/N-ethyl adjacent to an activating group) is 1. The number of amides is 1. The molecule has 0 unspecified atom stereocenters. The number of aromatic nitrogens is 1. The highest BCUT2D eigenvalue weighted by molar-refractivity contribution is 7.10. The van der Waals surface area contributed by atoms with E-state index in [1.54, 1.807) is 11.3 Å². The van der Waals surface area contributed by atoms with E-state index in [2.05, 4.69) is 44.8 Å². The molecule has 1 N–H and O–H groups in total. The largest absolute Gasteiger partial charge is 0.361 e. The first kappa shape index (κ1) is 19.1. The Hall–Kier alpha value is -1.70. The summed E-state index contributed by atoms with van der Waals surface area (Å²) in [5.74, 6) is 0.893. The lowest BCUT2D eigenvalue weighted by atomic mass is 10.1. The summed E-state index contributed by atoms with van der Waals surface area (Å²) in [6, 6.07) is 4.51. The van der Waals surface area contributed by atoms with E-state index >= 15 is 0 Å². The summed E-state index contributed by atoms with van der Waals surface area (Å²) in [6.07, 6.45) is 1.13. The number of carbonyl (C=O) groups is 1. The van der Waals surface area contributed by atoms with Crippen LogP contribution in [0, 0.1) is 13.8 Å². The van der Waals surface area contributed by atoms with Crippen LogP contribution in [0.3, 0.4) is 0 Å². The Labute approximate surface area is 159 Å². The van der Waals surface area contributed by atoms with Gasteiger partial charge in [-0.25, -0.2) is 0 Å². The van der Waals surface area contributed by atoms with Crippen LogP contribution in [0.15, 0.2) is 22.0 Å². The molecule has 142 valence electrons. The highest BCUT2D eigenvalue weighted by atomic mass is 32.1. The molecule has 1 amide bonds. The average molecular weight is 377 g/mol. The molecule has 26 heavy (non-hydrogen) atoms. The van der Waals surface area contributed by atoms with Gasteiger partial charge in [0.05, 0.1) is 11.7 Å². The van der Waals surface area contributed by atoms with Gasteiger partial charge >= 0.3 is 0 Å². The molecular weight excluding hydrogens is 348 g/mol. The quantitative estimate of drug-likeness (QED) is 0.804. The Kier molecular flexibility index (Phi) is 6.45. The fourth-order valence-electron chi connectivity index (χ4n) is 3.42. The minimum atomic E-state index is 0.0840. The molecule has 1 aliphatic heterocycles. The molecule has 1 saturated heterocycles. The molecule has 0 bridgehead atoms. The van der Waals surface area contributed by atoms with Gasteiger partial charge in [0.15, 0.2) is 0 Å².